The topological polar surface area (TPSA) is 6.48 Å². The van der Waals surface area contributed by atoms with Crippen LogP contribution in [0.1, 0.15) is 5.56 Å². The summed E-state index contributed by atoms with van der Waals surface area (Å²) in [4.78, 5) is 4.68. The van der Waals surface area contributed by atoms with Crippen LogP contribution in [0.4, 0.5) is 28.4 Å². The molecule has 0 spiro atoms. The predicted molar refractivity (Wildman–Crippen MR) is 224 cm³/mol. The highest BCUT2D eigenvalue weighted by Crippen LogP contribution is 2.43. The number of allylic oxidation sites excluding steroid dienone is 2. The molecule has 0 N–H and O–H groups in total. The van der Waals surface area contributed by atoms with Crippen LogP contribution in [0.5, 0.6) is 0 Å². The van der Waals surface area contributed by atoms with E-state index in [1.165, 1.54) is 76.4 Å². The molecule has 0 heterocycles. The molecule has 9 aromatic rings. The number of hydrogen-bond acceptors (Lipinski definition) is 2. The maximum Gasteiger partial charge on any atom is 0.0540 e. The van der Waals surface area contributed by atoms with E-state index in [0.29, 0.717) is 0 Å². The van der Waals surface area contributed by atoms with Crippen LogP contribution < -0.4 is 15.0 Å². The Balaban J connectivity index is 0.995. The molecule has 2 nitrogen and oxygen atoms in total. The van der Waals surface area contributed by atoms with Crippen molar-refractivity contribution in [2.75, 3.05) is 16.8 Å². The first-order valence-corrected chi connectivity index (χ1v) is 18.1. The van der Waals surface area contributed by atoms with Gasteiger partial charge in [0.2, 0.25) is 0 Å². The third kappa shape index (κ3) is 4.87. The van der Waals surface area contributed by atoms with E-state index in [4.69, 9.17) is 0 Å². The smallest absolute Gasteiger partial charge is 0.0540 e. The van der Waals surface area contributed by atoms with Crippen molar-refractivity contribution in [3.8, 4) is 11.1 Å². The standard InChI is InChI=1S/C50H36N2/c1-51(47-33-32-45-42-19-8-6-13-37-15-9-20-43(49(37)42)44-21-11-22-46(47)50(44)45)38-28-24-34(25-29-38)35-26-30-40(31-27-35)52(39-16-3-2-4-17-39)48-23-10-14-36-12-5-7-18-41(36)48/h2-18,20-33H,19H2,1H3. The molecule has 0 saturated heterocycles. The zero-order valence-electron chi connectivity index (χ0n) is 29.0. The molecule has 2 heteroatoms. The predicted octanol–water partition coefficient (Wildman–Crippen LogP) is 12.8. The molecule has 10 rings (SSSR count). The molecule has 0 aromatic heterocycles. The zero-order valence-corrected chi connectivity index (χ0v) is 29.0. The van der Waals surface area contributed by atoms with Gasteiger partial charge in [-0.1, -0.05) is 140 Å². The summed E-state index contributed by atoms with van der Waals surface area (Å²) in [6.07, 6.45) is 7.69. The summed E-state index contributed by atoms with van der Waals surface area (Å²) in [6.45, 7) is 0. The molecule has 52 heavy (non-hydrogen) atoms. The van der Waals surface area contributed by atoms with Gasteiger partial charge in [-0.2, -0.15) is 0 Å². The Morgan fingerprint density at radius 3 is 1.85 bits per heavy atom. The molecule has 9 aromatic carbocycles. The number of nitrogens with zero attached hydrogens (tertiary/aromatic N) is 2. The maximum atomic E-state index is 2.35. The first-order chi connectivity index (χ1) is 25.7. The van der Waals surface area contributed by atoms with Crippen molar-refractivity contribution in [1.82, 2.24) is 0 Å². The Labute approximate surface area is 303 Å². The molecule has 246 valence electrons. The van der Waals surface area contributed by atoms with Crippen molar-refractivity contribution < 1.29 is 0 Å². The maximum absolute atomic E-state index is 2.35. The molecule has 1 aliphatic rings. The molecule has 0 amide bonds. The van der Waals surface area contributed by atoms with Gasteiger partial charge < -0.3 is 9.80 Å². The lowest BCUT2D eigenvalue weighted by molar-refractivity contribution is 1.22. The summed E-state index contributed by atoms with van der Waals surface area (Å²) in [5.41, 5.74) is 9.60. The fourth-order valence-electron chi connectivity index (χ4n) is 8.36. The minimum absolute atomic E-state index is 0.940. The minimum Gasteiger partial charge on any atom is -0.344 e. The van der Waals surface area contributed by atoms with Crippen LogP contribution in [0.3, 0.4) is 0 Å². The van der Waals surface area contributed by atoms with Crippen molar-refractivity contribution in [1.29, 1.82) is 0 Å². The van der Waals surface area contributed by atoms with Gasteiger partial charge in [-0.15, -0.1) is 0 Å². The fourth-order valence-corrected chi connectivity index (χ4v) is 8.36. The summed E-state index contributed by atoms with van der Waals surface area (Å²) in [7, 11) is 2.19. The van der Waals surface area contributed by atoms with Crippen molar-refractivity contribution >= 4 is 77.6 Å². The summed E-state index contributed by atoms with van der Waals surface area (Å²) in [5.74, 6) is 0. The summed E-state index contributed by atoms with van der Waals surface area (Å²) in [6, 6.07) is 61.9. The van der Waals surface area contributed by atoms with Gasteiger partial charge in [0.1, 0.15) is 0 Å². The Morgan fingerprint density at radius 2 is 1.04 bits per heavy atom. The van der Waals surface area contributed by atoms with Gasteiger partial charge in [0.05, 0.1) is 5.69 Å². The highest BCUT2D eigenvalue weighted by molar-refractivity contribution is 6.25. The van der Waals surface area contributed by atoms with Crippen LogP contribution >= 0.6 is 0 Å². The van der Waals surface area contributed by atoms with Crippen molar-refractivity contribution in [2.45, 2.75) is 6.42 Å². The Morgan fingerprint density at radius 1 is 0.423 bits per heavy atom. The lowest BCUT2D eigenvalue weighted by Gasteiger charge is -2.27. The molecule has 0 radical (unpaired) electrons. The van der Waals surface area contributed by atoms with Crippen molar-refractivity contribution in [2.24, 2.45) is 0 Å². The van der Waals surface area contributed by atoms with E-state index in [1.807, 2.05) is 0 Å². The third-order valence-electron chi connectivity index (χ3n) is 10.9. The van der Waals surface area contributed by atoms with Gasteiger partial charge in [0, 0.05) is 40.6 Å². The van der Waals surface area contributed by atoms with Gasteiger partial charge in [0.15, 0.2) is 0 Å². The second-order valence-corrected chi connectivity index (χ2v) is 13.7. The van der Waals surface area contributed by atoms with Crippen LogP contribution in [0.2, 0.25) is 0 Å². The number of para-hydroxylation sites is 1. The lowest BCUT2D eigenvalue weighted by atomic mass is 9.88. The van der Waals surface area contributed by atoms with E-state index >= 15 is 0 Å². The van der Waals surface area contributed by atoms with Crippen LogP contribution in [0, 0.1) is 0 Å². The summed E-state index contributed by atoms with van der Waals surface area (Å²) in [5, 5.41) is 11.8. The molecular weight excluding hydrogens is 629 g/mol. The largest absolute Gasteiger partial charge is 0.344 e. The monoisotopic (exact) mass is 664 g/mol. The Bertz CT molecular complexity index is 2860. The summed E-state index contributed by atoms with van der Waals surface area (Å²) >= 11 is 0. The quantitative estimate of drug-likeness (QED) is 0.129. The Hall–Kier alpha value is -6.64. The first kappa shape index (κ1) is 30.2. The van der Waals surface area contributed by atoms with E-state index in [2.05, 4.69) is 205 Å². The van der Waals surface area contributed by atoms with Gasteiger partial charge in [-0.05, 0) is 109 Å². The second-order valence-electron chi connectivity index (χ2n) is 13.7. The lowest BCUT2D eigenvalue weighted by Crippen LogP contribution is -2.10. The van der Waals surface area contributed by atoms with Crippen LogP contribution in [-0.4, -0.2) is 7.05 Å². The number of fused-ring (bicyclic) bond motifs is 3. The van der Waals surface area contributed by atoms with Gasteiger partial charge in [-0.3, -0.25) is 0 Å². The normalized spacial score (nSPS) is 12.3. The molecule has 1 aliphatic carbocycles. The number of rotatable bonds is 6. The molecule has 0 saturated carbocycles. The highest BCUT2D eigenvalue weighted by atomic mass is 15.1. The molecule has 0 unspecified atom stereocenters. The fraction of sp³-hybridized carbons (Fsp3) is 0.0400. The molecule has 0 fully saturated rings. The van der Waals surface area contributed by atoms with Crippen LogP contribution in [-0.2, 0) is 6.42 Å². The molecule has 0 bridgehead atoms. The molecule has 0 aliphatic heterocycles. The number of hydrogen-bond donors (Lipinski definition) is 0. The first-order valence-electron chi connectivity index (χ1n) is 18.1. The van der Waals surface area contributed by atoms with Crippen molar-refractivity contribution in [3.05, 3.63) is 193 Å². The van der Waals surface area contributed by atoms with Gasteiger partial charge in [-0.25, -0.2) is 0 Å². The highest BCUT2D eigenvalue weighted by Gasteiger charge is 2.19. The SMILES string of the molecule is CN(c1ccc(-c2ccc(N(c3ccccc3)c3cccc4ccccc34)cc2)cc1)c1ccc2c3c4c(cccc4c4cccc1c24)=CC=CC3. The van der Waals surface area contributed by atoms with E-state index in [1.54, 1.807) is 0 Å². The van der Waals surface area contributed by atoms with Gasteiger partial charge >= 0.3 is 0 Å². The van der Waals surface area contributed by atoms with Crippen molar-refractivity contribution in [3.63, 3.8) is 0 Å². The molecular formula is C50H36N2. The average molecular weight is 665 g/mol. The van der Waals surface area contributed by atoms with Crippen LogP contribution in [0.15, 0.2) is 182 Å². The van der Waals surface area contributed by atoms with E-state index in [0.717, 1.165) is 23.5 Å². The van der Waals surface area contributed by atoms with E-state index < -0.39 is 0 Å². The van der Waals surface area contributed by atoms with E-state index in [-0.39, 0.29) is 0 Å². The average Bonchev–Trinajstić information content (AvgIpc) is 3.44. The number of anilines is 5. The van der Waals surface area contributed by atoms with Gasteiger partial charge in [0.25, 0.3) is 0 Å². The van der Waals surface area contributed by atoms with Crippen LogP contribution in [0.25, 0.3) is 60.3 Å². The number of benzene rings is 9. The third-order valence-corrected chi connectivity index (χ3v) is 10.9. The van der Waals surface area contributed by atoms with E-state index in [9.17, 15) is 0 Å². The molecule has 0 atom stereocenters. The summed E-state index contributed by atoms with van der Waals surface area (Å²) < 4.78 is 0. The zero-order chi connectivity index (χ0) is 34.6. The minimum atomic E-state index is 0.940. The second kappa shape index (κ2) is 12.3. The Kier molecular flexibility index (Phi) is 7.14.